The normalized spacial score (nSPS) is 10.3. The number of benzene rings is 2. The van der Waals surface area contributed by atoms with Crippen LogP contribution in [-0.2, 0) is 12.4 Å². The van der Waals surface area contributed by atoms with Gasteiger partial charge in [-0.2, -0.15) is 0 Å². The van der Waals surface area contributed by atoms with Crippen LogP contribution in [0.5, 0.6) is 5.75 Å². The molecule has 0 aliphatic heterocycles. The average molecular weight is 310 g/mol. The molecule has 0 radical (unpaired) electrons. The zero-order valence-corrected chi connectivity index (χ0v) is 12.1. The van der Waals surface area contributed by atoms with E-state index in [4.69, 9.17) is 23.2 Å². The third-order valence-electron chi connectivity index (χ3n) is 2.84. The van der Waals surface area contributed by atoms with Crippen LogP contribution in [0, 0.1) is 0 Å². The van der Waals surface area contributed by atoms with E-state index in [1.165, 1.54) is 18.2 Å². The molecule has 0 atom stereocenters. The molecule has 0 aromatic heterocycles. The fourth-order valence-electron chi connectivity index (χ4n) is 1.68. The van der Waals surface area contributed by atoms with Crippen LogP contribution in [-0.4, -0.2) is 11.0 Å². The Hall–Kier alpha value is -1.71. The second-order valence-corrected chi connectivity index (χ2v) is 4.97. The molecule has 2 aromatic rings. The number of carbonyl (C=O) groups excluding carboxylic acids is 1. The van der Waals surface area contributed by atoms with Gasteiger partial charge in [-0.25, -0.2) is 0 Å². The molecule has 0 bridgehead atoms. The highest BCUT2D eigenvalue weighted by atomic mass is 35.5. The topological polar surface area (TPSA) is 49.3 Å². The summed E-state index contributed by atoms with van der Waals surface area (Å²) in [5, 5.41) is 12.3. The molecule has 20 heavy (non-hydrogen) atoms. The Kier molecular flexibility index (Phi) is 4.88. The van der Waals surface area contributed by atoms with Crippen molar-refractivity contribution in [1.29, 1.82) is 0 Å². The van der Waals surface area contributed by atoms with Crippen molar-refractivity contribution in [1.82, 2.24) is 5.32 Å². The summed E-state index contributed by atoms with van der Waals surface area (Å²) < 4.78 is 0. The largest absolute Gasteiger partial charge is 0.506 e. The maximum Gasteiger partial charge on any atom is 0.251 e. The average Bonchev–Trinajstić information content (AvgIpc) is 2.48. The first-order valence-electron chi connectivity index (χ1n) is 6.00. The third kappa shape index (κ3) is 3.65. The standard InChI is InChI=1S/C15H13Cl2NO2/c16-8-10-1-3-11(4-2-10)9-18-15(20)12-5-6-14(19)13(17)7-12/h1-7,19H,8-9H2,(H,18,20). The highest BCUT2D eigenvalue weighted by Gasteiger charge is 2.08. The summed E-state index contributed by atoms with van der Waals surface area (Å²) in [5.41, 5.74) is 2.43. The Balaban J connectivity index is 1.98. The summed E-state index contributed by atoms with van der Waals surface area (Å²) in [6.45, 7) is 0.417. The molecular weight excluding hydrogens is 297 g/mol. The van der Waals surface area contributed by atoms with Gasteiger partial charge in [0, 0.05) is 18.0 Å². The number of rotatable bonds is 4. The van der Waals surface area contributed by atoms with Gasteiger partial charge < -0.3 is 10.4 Å². The Morgan fingerprint density at radius 3 is 2.35 bits per heavy atom. The second-order valence-electron chi connectivity index (χ2n) is 4.30. The van der Waals surface area contributed by atoms with Crippen LogP contribution >= 0.6 is 23.2 Å². The Bertz CT molecular complexity index is 612. The monoisotopic (exact) mass is 309 g/mol. The highest BCUT2D eigenvalue weighted by molar-refractivity contribution is 6.32. The predicted molar refractivity (Wildman–Crippen MR) is 80.3 cm³/mol. The summed E-state index contributed by atoms with van der Waals surface area (Å²) >= 11 is 11.5. The number of hydrogen-bond acceptors (Lipinski definition) is 2. The van der Waals surface area contributed by atoms with Gasteiger partial charge in [0.15, 0.2) is 0 Å². The number of carbonyl (C=O) groups is 1. The summed E-state index contributed by atoms with van der Waals surface area (Å²) in [7, 11) is 0. The molecule has 0 saturated carbocycles. The van der Waals surface area contributed by atoms with E-state index in [2.05, 4.69) is 5.32 Å². The van der Waals surface area contributed by atoms with Crippen LogP contribution in [0.25, 0.3) is 0 Å². The van der Waals surface area contributed by atoms with Crippen molar-refractivity contribution < 1.29 is 9.90 Å². The quantitative estimate of drug-likeness (QED) is 0.846. The second kappa shape index (κ2) is 6.64. The summed E-state index contributed by atoms with van der Waals surface area (Å²) in [6.07, 6.45) is 0. The van der Waals surface area contributed by atoms with Crippen LogP contribution in [0.3, 0.4) is 0 Å². The van der Waals surface area contributed by atoms with Crippen molar-refractivity contribution >= 4 is 29.1 Å². The van der Waals surface area contributed by atoms with E-state index >= 15 is 0 Å². The van der Waals surface area contributed by atoms with Crippen molar-refractivity contribution in [2.75, 3.05) is 0 Å². The molecule has 0 unspecified atom stereocenters. The van der Waals surface area contributed by atoms with Gasteiger partial charge in [0.05, 0.1) is 5.02 Å². The number of amides is 1. The summed E-state index contributed by atoms with van der Waals surface area (Å²) in [6, 6.07) is 12.0. The maximum absolute atomic E-state index is 11.9. The van der Waals surface area contributed by atoms with Gasteiger partial charge in [-0.3, -0.25) is 4.79 Å². The molecule has 0 fully saturated rings. The number of phenolic OH excluding ortho intramolecular Hbond substituents is 1. The van der Waals surface area contributed by atoms with Crippen LogP contribution < -0.4 is 5.32 Å². The summed E-state index contributed by atoms with van der Waals surface area (Å²) in [4.78, 5) is 11.9. The van der Waals surface area contributed by atoms with E-state index in [0.717, 1.165) is 11.1 Å². The van der Waals surface area contributed by atoms with Gasteiger partial charge in [0.2, 0.25) is 0 Å². The molecule has 3 nitrogen and oxygen atoms in total. The first-order chi connectivity index (χ1) is 9.60. The van der Waals surface area contributed by atoms with E-state index in [1.54, 1.807) is 0 Å². The molecule has 0 aliphatic rings. The van der Waals surface area contributed by atoms with Gasteiger partial charge in [-0.05, 0) is 29.3 Å². The lowest BCUT2D eigenvalue weighted by Gasteiger charge is -2.07. The number of hydrogen-bond donors (Lipinski definition) is 2. The number of nitrogens with one attached hydrogen (secondary N) is 1. The minimum Gasteiger partial charge on any atom is -0.506 e. The Morgan fingerprint density at radius 1 is 1.10 bits per heavy atom. The van der Waals surface area contributed by atoms with Crippen LogP contribution in [0.4, 0.5) is 0 Å². The molecule has 0 aliphatic carbocycles. The lowest BCUT2D eigenvalue weighted by Crippen LogP contribution is -2.22. The summed E-state index contributed by atoms with van der Waals surface area (Å²) in [5.74, 6) is 0.187. The van der Waals surface area contributed by atoms with Gasteiger partial charge in [0.1, 0.15) is 5.75 Å². The zero-order valence-electron chi connectivity index (χ0n) is 10.6. The molecular formula is C15H13Cl2NO2. The van der Waals surface area contributed by atoms with Crippen LogP contribution in [0.15, 0.2) is 42.5 Å². The molecule has 1 amide bonds. The predicted octanol–water partition coefficient (Wildman–Crippen LogP) is 3.71. The molecule has 2 N–H and O–H groups in total. The van der Waals surface area contributed by atoms with Crippen LogP contribution in [0.1, 0.15) is 21.5 Å². The van der Waals surface area contributed by atoms with Gasteiger partial charge in [-0.15, -0.1) is 11.6 Å². The molecule has 104 valence electrons. The molecule has 0 saturated heterocycles. The fourth-order valence-corrected chi connectivity index (χ4v) is 2.04. The smallest absolute Gasteiger partial charge is 0.251 e. The number of halogens is 2. The molecule has 2 rings (SSSR count). The van der Waals surface area contributed by atoms with Gasteiger partial charge in [-0.1, -0.05) is 35.9 Å². The van der Waals surface area contributed by atoms with E-state index in [0.29, 0.717) is 18.0 Å². The Morgan fingerprint density at radius 2 is 1.75 bits per heavy atom. The van der Waals surface area contributed by atoms with Crippen molar-refractivity contribution in [2.24, 2.45) is 0 Å². The molecule has 0 heterocycles. The van der Waals surface area contributed by atoms with Crippen molar-refractivity contribution in [2.45, 2.75) is 12.4 Å². The third-order valence-corrected chi connectivity index (χ3v) is 3.45. The molecule has 5 heteroatoms. The highest BCUT2D eigenvalue weighted by Crippen LogP contribution is 2.23. The Labute approximate surface area is 127 Å². The zero-order chi connectivity index (χ0) is 14.5. The molecule has 2 aromatic carbocycles. The van der Waals surface area contributed by atoms with Gasteiger partial charge in [0.25, 0.3) is 5.91 Å². The lowest BCUT2D eigenvalue weighted by atomic mass is 10.1. The SMILES string of the molecule is O=C(NCc1ccc(CCl)cc1)c1ccc(O)c(Cl)c1. The van der Waals surface area contributed by atoms with Gasteiger partial charge >= 0.3 is 0 Å². The van der Waals surface area contributed by atoms with Crippen molar-refractivity contribution in [3.05, 3.63) is 64.2 Å². The van der Waals surface area contributed by atoms with Crippen molar-refractivity contribution in [3.63, 3.8) is 0 Å². The van der Waals surface area contributed by atoms with E-state index in [9.17, 15) is 9.90 Å². The number of phenols is 1. The first-order valence-corrected chi connectivity index (χ1v) is 6.92. The van der Waals surface area contributed by atoms with Crippen molar-refractivity contribution in [3.8, 4) is 5.75 Å². The van der Waals surface area contributed by atoms with E-state index < -0.39 is 0 Å². The van der Waals surface area contributed by atoms with Crippen LogP contribution in [0.2, 0.25) is 5.02 Å². The fraction of sp³-hybridized carbons (Fsp3) is 0.133. The lowest BCUT2D eigenvalue weighted by molar-refractivity contribution is 0.0951. The number of aromatic hydroxyl groups is 1. The molecule has 0 spiro atoms. The first kappa shape index (κ1) is 14.7. The minimum atomic E-state index is -0.242. The van der Waals surface area contributed by atoms with E-state index in [-0.39, 0.29) is 16.7 Å². The minimum absolute atomic E-state index is 0.0418. The number of alkyl halides is 1. The van der Waals surface area contributed by atoms with E-state index in [1.807, 2.05) is 24.3 Å². The maximum atomic E-state index is 11.9.